The van der Waals surface area contributed by atoms with Gasteiger partial charge in [0.15, 0.2) is 0 Å². The molecule has 1 nitrogen and oxygen atoms in total. The molecule has 0 aliphatic heterocycles. The summed E-state index contributed by atoms with van der Waals surface area (Å²) in [6.07, 6.45) is 9.86. The van der Waals surface area contributed by atoms with Gasteiger partial charge in [-0.25, -0.2) is 0 Å². The molecule has 0 radical (unpaired) electrons. The van der Waals surface area contributed by atoms with Crippen LogP contribution in [-0.2, 0) is 0 Å². The largest absolute Gasteiger partial charge is 0.193 e. The van der Waals surface area contributed by atoms with E-state index in [4.69, 9.17) is 5.26 Å². The van der Waals surface area contributed by atoms with E-state index in [1.165, 1.54) is 44.1 Å². The predicted molar refractivity (Wildman–Crippen MR) is 48.4 cm³/mol. The lowest BCUT2D eigenvalue weighted by molar-refractivity contribution is 0.349. The minimum Gasteiger partial charge on any atom is -0.193 e. The number of hydrogen-bond donors (Lipinski definition) is 0. The van der Waals surface area contributed by atoms with Crippen molar-refractivity contribution in [3.05, 3.63) is 11.6 Å². The van der Waals surface area contributed by atoms with Crippen LogP contribution in [0.15, 0.2) is 11.6 Å². The zero-order valence-corrected chi connectivity index (χ0v) is 7.42. The highest BCUT2D eigenvalue weighted by Crippen LogP contribution is 2.44. The van der Waals surface area contributed by atoms with Crippen LogP contribution >= 0.6 is 0 Å². The van der Waals surface area contributed by atoms with Crippen LogP contribution in [0, 0.1) is 23.2 Å². The molecule has 0 saturated heterocycles. The van der Waals surface area contributed by atoms with Crippen molar-refractivity contribution in [1.29, 1.82) is 5.26 Å². The summed E-state index contributed by atoms with van der Waals surface area (Å²) < 4.78 is 0. The van der Waals surface area contributed by atoms with Gasteiger partial charge in [-0.2, -0.15) is 5.26 Å². The van der Waals surface area contributed by atoms with E-state index in [1.54, 1.807) is 0 Å². The molecular weight excluding hydrogens is 146 g/mol. The highest BCUT2D eigenvalue weighted by Gasteiger charge is 2.32. The van der Waals surface area contributed by atoms with Crippen molar-refractivity contribution in [3.63, 3.8) is 0 Å². The molecular formula is C11H15N. The average molecular weight is 161 g/mol. The summed E-state index contributed by atoms with van der Waals surface area (Å²) in [7, 11) is 0. The van der Waals surface area contributed by atoms with Gasteiger partial charge in [0.05, 0.1) is 6.07 Å². The van der Waals surface area contributed by atoms with Crippen molar-refractivity contribution in [2.45, 2.75) is 38.5 Å². The number of nitriles is 1. The van der Waals surface area contributed by atoms with Gasteiger partial charge in [0, 0.05) is 6.08 Å². The van der Waals surface area contributed by atoms with E-state index in [9.17, 15) is 0 Å². The molecule has 2 saturated carbocycles. The number of allylic oxidation sites excluding steroid dienone is 2. The van der Waals surface area contributed by atoms with Crippen molar-refractivity contribution in [3.8, 4) is 6.07 Å². The van der Waals surface area contributed by atoms with Gasteiger partial charge in [0.2, 0.25) is 0 Å². The summed E-state index contributed by atoms with van der Waals surface area (Å²) >= 11 is 0. The lowest BCUT2D eigenvalue weighted by Gasteiger charge is -2.27. The molecule has 2 aliphatic rings. The van der Waals surface area contributed by atoms with E-state index in [1.807, 2.05) is 6.08 Å². The quantitative estimate of drug-likeness (QED) is 0.501. The van der Waals surface area contributed by atoms with Crippen molar-refractivity contribution < 1.29 is 0 Å². The fraction of sp³-hybridized carbons (Fsp3) is 0.727. The molecule has 0 bridgehead atoms. The lowest BCUT2D eigenvalue weighted by atomic mass is 9.78. The highest BCUT2D eigenvalue weighted by molar-refractivity contribution is 5.19. The van der Waals surface area contributed by atoms with Gasteiger partial charge in [-0.15, -0.1) is 0 Å². The number of hydrogen-bond acceptors (Lipinski definition) is 1. The van der Waals surface area contributed by atoms with Gasteiger partial charge in [-0.1, -0.05) is 12.0 Å². The third-order valence-corrected chi connectivity index (χ3v) is 3.43. The van der Waals surface area contributed by atoms with Crippen LogP contribution in [0.4, 0.5) is 0 Å². The third kappa shape index (κ3) is 1.27. The molecule has 1 heteroatoms. The molecule has 2 aliphatic carbocycles. The van der Waals surface area contributed by atoms with E-state index in [0.29, 0.717) is 0 Å². The average Bonchev–Trinajstić information content (AvgIpc) is 2.53. The molecule has 0 aromatic carbocycles. The van der Waals surface area contributed by atoms with Crippen molar-refractivity contribution in [2.24, 2.45) is 11.8 Å². The van der Waals surface area contributed by atoms with E-state index < -0.39 is 0 Å². The molecule has 0 amide bonds. The Balaban J connectivity index is 2.15. The van der Waals surface area contributed by atoms with Crippen molar-refractivity contribution in [2.75, 3.05) is 0 Å². The van der Waals surface area contributed by atoms with Crippen LogP contribution in [0.1, 0.15) is 38.5 Å². The summed E-state index contributed by atoms with van der Waals surface area (Å²) in [5.41, 5.74) is 1.45. The number of nitrogens with zero attached hydrogens (tertiary/aromatic N) is 1. The van der Waals surface area contributed by atoms with Crippen molar-refractivity contribution in [1.82, 2.24) is 0 Å². The topological polar surface area (TPSA) is 23.8 Å². The molecule has 2 atom stereocenters. The van der Waals surface area contributed by atoms with Gasteiger partial charge < -0.3 is 0 Å². The molecule has 0 heterocycles. The van der Waals surface area contributed by atoms with Crippen LogP contribution in [0.2, 0.25) is 0 Å². The number of rotatable bonds is 0. The Kier molecular flexibility index (Phi) is 2.17. The second-order valence-electron chi connectivity index (χ2n) is 4.04. The van der Waals surface area contributed by atoms with Crippen LogP contribution in [0.25, 0.3) is 0 Å². The Morgan fingerprint density at radius 1 is 1.25 bits per heavy atom. The van der Waals surface area contributed by atoms with Gasteiger partial charge in [0.1, 0.15) is 0 Å². The minimum atomic E-state index is 0.790. The molecule has 12 heavy (non-hydrogen) atoms. The molecule has 0 aromatic rings. The Morgan fingerprint density at radius 3 is 2.92 bits per heavy atom. The van der Waals surface area contributed by atoms with Gasteiger partial charge >= 0.3 is 0 Å². The van der Waals surface area contributed by atoms with Gasteiger partial charge in [-0.05, 0) is 43.9 Å². The molecule has 0 aromatic heterocycles. The maximum absolute atomic E-state index is 8.61. The standard InChI is InChI=1S/C11H15N/c12-8-7-10-4-1-3-9-5-2-6-11(9)10/h7,9,11H,1-6H2/b10-7-/t9-,11+/m0/s1. The molecule has 2 rings (SSSR count). The summed E-state index contributed by atoms with van der Waals surface area (Å²) in [4.78, 5) is 0. The SMILES string of the molecule is N#C/C=C1/CCC[C@H]2CCC[C@@H]12. The molecule has 64 valence electrons. The zero-order chi connectivity index (χ0) is 8.39. The second kappa shape index (κ2) is 3.31. The molecule has 0 N–H and O–H groups in total. The maximum atomic E-state index is 8.61. The van der Waals surface area contributed by atoms with E-state index in [2.05, 4.69) is 6.07 Å². The van der Waals surface area contributed by atoms with Crippen LogP contribution in [0.3, 0.4) is 0 Å². The van der Waals surface area contributed by atoms with E-state index in [0.717, 1.165) is 11.8 Å². The Labute approximate surface area is 74.1 Å². The van der Waals surface area contributed by atoms with E-state index >= 15 is 0 Å². The fourth-order valence-corrected chi connectivity index (χ4v) is 2.89. The lowest BCUT2D eigenvalue weighted by Crippen LogP contribution is -2.15. The van der Waals surface area contributed by atoms with Crippen LogP contribution < -0.4 is 0 Å². The Hall–Kier alpha value is -0.770. The summed E-state index contributed by atoms with van der Waals surface area (Å²) in [6, 6.07) is 2.19. The first-order valence-corrected chi connectivity index (χ1v) is 5.00. The molecule has 2 fully saturated rings. The van der Waals surface area contributed by atoms with Crippen LogP contribution in [-0.4, -0.2) is 0 Å². The fourth-order valence-electron chi connectivity index (χ4n) is 2.89. The third-order valence-electron chi connectivity index (χ3n) is 3.43. The first-order chi connectivity index (χ1) is 5.92. The van der Waals surface area contributed by atoms with E-state index in [-0.39, 0.29) is 0 Å². The Bertz CT molecular complexity index is 234. The second-order valence-corrected chi connectivity index (χ2v) is 4.04. The summed E-state index contributed by atoms with van der Waals surface area (Å²) in [6.45, 7) is 0. The van der Waals surface area contributed by atoms with Crippen LogP contribution in [0.5, 0.6) is 0 Å². The monoisotopic (exact) mass is 161 g/mol. The van der Waals surface area contributed by atoms with Crippen molar-refractivity contribution >= 4 is 0 Å². The smallest absolute Gasteiger partial charge is 0.0911 e. The minimum absolute atomic E-state index is 0.790. The first-order valence-electron chi connectivity index (χ1n) is 5.00. The Morgan fingerprint density at radius 2 is 2.08 bits per heavy atom. The van der Waals surface area contributed by atoms with Gasteiger partial charge in [-0.3, -0.25) is 0 Å². The number of fused-ring (bicyclic) bond motifs is 1. The molecule has 0 unspecified atom stereocenters. The van der Waals surface area contributed by atoms with Gasteiger partial charge in [0.25, 0.3) is 0 Å². The normalized spacial score (nSPS) is 37.8. The molecule has 0 spiro atoms. The predicted octanol–water partition coefficient (Wildman–Crippen LogP) is 3.04. The first kappa shape index (κ1) is 7.86. The highest BCUT2D eigenvalue weighted by atomic mass is 14.4. The summed E-state index contributed by atoms with van der Waals surface area (Å²) in [5, 5.41) is 8.61. The summed E-state index contributed by atoms with van der Waals surface area (Å²) in [5.74, 6) is 1.72. The maximum Gasteiger partial charge on any atom is 0.0911 e. The zero-order valence-electron chi connectivity index (χ0n) is 7.42.